The molecule has 0 bridgehead atoms. The Morgan fingerprint density at radius 3 is 1.75 bits per heavy atom. The molecule has 2 heterocycles. The fraction of sp³-hybridized carbons (Fsp3) is 0.750. The van der Waals surface area contributed by atoms with E-state index in [1.165, 1.54) is 16.7 Å². The van der Waals surface area contributed by atoms with Gasteiger partial charge in [-0.3, -0.25) is 19.2 Å². The highest BCUT2D eigenvalue weighted by molar-refractivity contribution is 6.34. The number of piperazine rings is 1. The van der Waals surface area contributed by atoms with Gasteiger partial charge in [-0.15, -0.1) is 0 Å². The van der Waals surface area contributed by atoms with Crippen molar-refractivity contribution in [2.45, 2.75) is 26.7 Å². The minimum absolute atomic E-state index is 0.0190. The van der Waals surface area contributed by atoms with Gasteiger partial charge in [0.2, 0.25) is 5.91 Å². The largest absolute Gasteiger partial charge is 0.466 e. The van der Waals surface area contributed by atoms with Gasteiger partial charge in [-0.2, -0.15) is 0 Å². The van der Waals surface area contributed by atoms with Gasteiger partial charge in [0, 0.05) is 46.2 Å². The summed E-state index contributed by atoms with van der Waals surface area (Å²) in [5.74, 6) is -1.48. The average Bonchev–Trinajstić information content (AvgIpc) is 2.61. The Kier molecular flexibility index (Phi) is 6.16. The summed E-state index contributed by atoms with van der Waals surface area (Å²) >= 11 is 0. The lowest BCUT2D eigenvalue weighted by Crippen LogP contribution is -2.55. The number of amides is 3. The first-order valence-electron chi connectivity index (χ1n) is 8.44. The molecule has 0 aliphatic carbocycles. The fourth-order valence-electron chi connectivity index (χ4n) is 3.07. The summed E-state index contributed by atoms with van der Waals surface area (Å²) in [6.07, 6.45) is 1.05. The summed E-state index contributed by atoms with van der Waals surface area (Å²) in [4.78, 5) is 52.4. The molecular formula is C16H25N3O5. The molecule has 8 heteroatoms. The third kappa shape index (κ3) is 4.24. The van der Waals surface area contributed by atoms with Gasteiger partial charge in [-0.1, -0.05) is 0 Å². The molecule has 2 aliphatic rings. The summed E-state index contributed by atoms with van der Waals surface area (Å²) in [5.41, 5.74) is 0. The van der Waals surface area contributed by atoms with E-state index >= 15 is 0 Å². The molecule has 0 aromatic heterocycles. The van der Waals surface area contributed by atoms with Crippen LogP contribution in [0.1, 0.15) is 26.7 Å². The van der Waals surface area contributed by atoms with E-state index in [0.29, 0.717) is 58.7 Å². The number of esters is 1. The molecule has 0 spiro atoms. The maximum Gasteiger partial charge on any atom is 0.312 e. The van der Waals surface area contributed by atoms with E-state index in [2.05, 4.69) is 0 Å². The Hall–Kier alpha value is -2.12. The fourth-order valence-corrected chi connectivity index (χ4v) is 3.07. The van der Waals surface area contributed by atoms with Crippen molar-refractivity contribution in [2.75, 3.05) is 45.9 Å². The topological polar surface area (TPSA) is 87.2 Å². The maximum absolute atomic E-state index is 12.4. The Bertz CT molecular complexity index is 506. The summed E-state index contributed by atoms with van der Waals surface area (Å²) in [6.45, 7) is 6.06. The lowest BCUT2D eigenvalue weighted by molar-refractivity contribution is -0.156. The first-order chi connectivity index (χ1) is 11.4. The summed E-state index contributed by atoms with van der Waals surface area (Å²) < 4.78 is 5.00. The molecule has 24 heavy (non-hydrogen) atoms. The first-order valence-corrected chi connectivity index (χ1v) is 8.44. The van der Waals surface area contributed by atoms with E-state index in [9.17, 15) is 19.2 Å². The minimum atomic E-state index is -0.521. The van der Waals surface area contributed by atoms with Crippen molar-refractivity contribution >= 4 is 23.7 Å². The zero-order chi connectivity index (χ0) is 17.7. The molecule has 0 saturated carbocycles. The maximum atomic E-state index is 12.4. The predicted molar refractivity (Wildman–Crippen MR) is 84.8 cm³/mol. The Balaban J connectivity index is 1.81. The van der Waals surface area contributed by atoms with Gasteiger partial charge in [0.25, 0.3) is 0 Å². The van der Waals surface area contributed by atoms with Crippen LogP contribution < -0.4 is 0 Å². The molecule has 0 N–H and O–H groups in total. The van der Waals surface area contributed by atoms with Crippen molar-refractivity contribution in [3.05, 3.63) is 0 Å². The van der Waals surface area contributed by atoms with E-state index < -0.39 is 11.8 Å². The average molecular weight is 339 g/mol. The number of nitrogens with zero attached hydrogens (tertiary/aromatic N) is 3. The second kappa shape index (κ2) is 8.12. The zero-order valence-corrected chi connectivity index (χ0v) is 14.3. The van der Waals surface area contributed by atoms with Crippen LogP contribution in [0.15, 0.2) is 0 Å². The predicted octanol–water partition coefficient (Wildman–Crippen LogP) is -0.521. The van der Waals surface area contributed by atoms with Crippen LogP contribution in [-0.4, -0.2) is 84.3 Å². The van der Waals surface area contributed by atoms with Crippen molar-refractivity contribution in [2.24, 2.45) is 5.92 Å². The number of hydrogen-bond donors (Lipinski definition) is 0. The summed E-state index contributed by atoms with van der Waals surface area (Å²) in [5, 5.41) is 0. The summed E-state index contributed by atoms with van der Waals surface area (Å²) in [7, 11) is 0. The molecule has 0 radical (unpaired) electrons. The third-order valence-electron chi connectivity index (χ3n) is 4.60. The number of piperidine rings is 1. The Labute approximate surface area is 141 Å². The standard InChI is InChI=1S/C16H25N3O5/c1-3-24-16(23)13-4-6-18(7-5-13)14(21)15(22)19-10-8-17(9-11-19)12(2)20/h13H,3-11H2,1-2H3. The summed E-state index contributed by atoms with van der Waals surface area (Å²) in [6, 6.07) is 0. The Morgan fingerprint density at radius 2 is 1.29 bits per heavy atom. The van der Waals surface area contributed by atoms with Crippen LogP contribution in [0.25, 0.3) is 0 Å². The number of carbonyl (C=O) groups is 4. The van der Waals surface area contributed by atoms with E-state index in [4.69, 9.17) is 4.74 Å². The molecule has 2 rings (SSSR count). The highest BCUT2D eigenvalue weighted by Crippen LogP contribution is 2.19. The molecule has 2 saturated heterocycles. The highest BCUT2D eigenvalue weighted by atomic mass is 16.5. The van der Waals surface area contributed by atoms with Crippen molar-refractivity contribution in [1.29, 1.82) is 0 Å². The van der Waals surface area contributed by atoms with Crippen molar-refractivity contribution in [3.8, 4) is 0 Å². The quantitative estimate of drug-likeness (QED) is 0.499. The van der Waals surface area contributed by atoms with E-state index in [1.807, 2.05) is 0 Å². The molecule has 0 aromatic carbocycles. The molecule has 0 atom stereocenters. The number of carbonyl (C=O) groups excluding carboxylic acids is 4. The van der Waals surface area contributed by atoms with Gasteiger partial charge in [-0.25, -0.2) is 0 Å². The van der Waals surface area contributed by atoms with Gasteiger partial charge < -0.3 is 19.4 Å². The number of hydrogen-bond acceptors (Lipinski definition) is 5. The smallest absolute Gasteiger partial charge is 0.312 e. The molecule has 0 aromatic rings. The van der Waals surface area contributed by atoms with Crippen LogP contribution in [0.2, 0.25) is 0 Å². The molecule has 3 amide bonds. The lowest BCUT2D eigenvalue weighted by Gasteiger charge is -2.36. The van der Waals surface area contributed by atoms with Gasteiger partial charge in [0.05, 0.1) is 12.5 Å². The van der Waals surface area contributed by atoms with Crippen LogP contribution in [0.3, 0.4) is 0 Å². The Morgan fingerprint density at radius 1 is 0.833 bits per heavy atom. The molecule has 134 valence electrons. The second-order valence-corrected chi connectivity index (χ2v) is 6.12. The van der Waals surface area contributed by atoms with E-state index in [0.717, 1.165) is 0 Å². The van der Waals surface area contributed by atoms with Gasteiger partial charge >= 0.3 is 17.8 Å². The number of ether oxygens (including phenoxy) is 1. The first kappa shape index (κ1) is 18.2. The van der Waals surface area contributed by atoms with Crippen molar-refractivity contribution in [1.82, 2.24) is 14.7 Å². The van der Waals surface area contributed by atoms with Gasteiger partial charge in [-0.05, 0) is 19.8 Å². The van der Waals surface area contributed by atoms with Crippen LogP contribution in [0, 0.1) is 5.92 Å². The van der Waals surface area contributed by atoms with Crippen LogP contribution >= 0.6 is 0 Å². The van der Waals surface area contributed by atoms with Crippen molar-refractivity contribution in [3.63, 3.8) is 0 Å². The van der Waals surface area contributed by atoms with E-state index in [1.54, 1.807) is 11.8 Å². The molecule has 8 nitrogen and oxygen atoms in total. The zero-order valence-electron chi connectivity index (χ0n) is 14.3. The van der Waals surface area contributed by atoms with Crippen LogP contribution in [0.5, 0.6) is 0 Å². The van der Waals surface area contributed by atoms with Gasteiger partial charge in [0.1, 0.15) is 0 Å². The molecule has 2 aliphatic heterocycles. The van der Waals surface area contributed by atoms with Gasteiger partial charge in [0.15, 0.2) is 0 Å². The van der Waals surface area contributed by atoms with E-state index in [-0.39, 0.29) is 17.8 Å². The molecular weight excluding hydrogens is 314 g/mol. The SMILES string of the molecule is CCOC(=O)C1CCN(C(=O)C(=O)N2CCN(C(C)=O)CC2)CC1. The van der Waals surface area contributed by atoms with Crippen LogP contribution in [-0.2, 0) is 23.9 Å². The van der Waals surface area contributed by atoms with Crippen LogP contribution in [0.4, 0.5) is 0 Å². The van der Waals surface area contributed by atoms with Crippen molar-refractivity contribution < 1.29 is 23.9 Å². The molecule has 2 fully saturated rings. The third-order valence-corrected chi connectivity index (χ3v) is 4.60. The second-order valence-electron chi connectivity index (χ2n) is 6.12. The minimum Gasteiger partial charge on any atom is -0.466 e. The molecule has 0 unspecified atom stereocenters. The highest BCUT2D eigenvalue weighted by Gasteiger charge is 2.33. The lowest BCUT2D eigenvalue weighted by atomic mass is 9.97. The number of rotatable bonds is 2. The number of likely N-dealkylation sites (tertiary alicyclic amines) is 1. The monoisotopic (exact) mass is 339 g/mol. The normalized spacial score (nSPS) is 19.2.